The Balaban J connectivity index is 1.61. The summed E-state index contributed by atoms with van der Waals surface area (Å²) in [6, 6.07) is 7.66. The number of benzene rings is 1. The number of nitrogens with one attached hydrogen (secondary N) is 3. The fraction of sp³-hybridized carbons (Fsp3) is 0.556. The topological polar surface area (TPSA) is 79.5 Å². The average molecular weight is 333 g/mol. The molecule has 1 fully saturated rings. The van der Waals surface area contributed by atoms with Crippen LogP contribution in [0.25, 0.3) is 0 Å². The minimum absolute atomic E-state index is 0.0983. The van der Waals surface area contributed by atoms with Crippen molar-refractivity contribution in [3.05, 3.63) is 29.8 Å². The lowest BCUT2D eigenvalue weighted by Crippen LogP contribution is -2.43. The van der Waals surface area contributed by atoms with E-state index in [2.05, 4.69) is 16.0 Å². The fourth-order valence-electron chi connectivity index (χ4n) is 2.90. The number of amides is 3. The SMILES string of the molecule is COc1ccccc1CNC(=O)CCNC(=O)NC1CCCCC1. The van der Waals surface area contributed by atoms with E-state index in [9.17, 15) is 9.59 Å². The Morgan fingerprint density at radius 1 is 1.12 bits per heavy atom. The van der Waals surface area contributed by atoms with E-state index in [0.717, 1.165) is 24.2 Å². The number of methoxy groups -OCH3 is 1. The van der Waals surface area contributed by atoms with Crippen LogP contribution < -0.4 is 20.7 Å². The standard InChI is InChI=1S/C18H27N3O3/c1-24-16-10-6-5-7-14(16)13-20-17(22)11-12-19-18(23)21-15-8-3-2-4-9-15/h5-7,10,15H,2-4,8-9,11-13H2,1H3,(H,20,22)(H2,19,21,23). The second-order valence-electron chi connectivity index (χ2n) is 6.07. The Morgan fingerprint density at radius 2 is 1.88 bits per heavy atom. The molecular formula is C18H27N3O3. The lowest BCUT2D eigenvalue weighted by molar-refractivity contribution is -0.121. The highest BCUT2D eigenvalue weighted by Crippen LogP contribution is 2.17. The van der Waals surface area contributed by atoms with Gasteiger partial charge in [0.05, 0.1) is 7.11 Å². The van der Waals surface area contributed by atoms with Crippen molar-refractivity contribution in [2.24, 2.45) is 0 Å². The molecule has 0 radical (unpaired) electrons. The highest BCUT2D eigenvalue weighted by molar-refractivity contribution is 5.78. The van der Waals surface area contributed by atoms with Gasteiger partial charge in [0.2, 0.25) is 5.91 Å². The number of para-hydroxylation sites is 1. The van der Waals surface area contributed by atoms with E-state index in [1.165, 1.54) is 19.3 Å². The van der Waals surface area contributed by atoms with E-state index in [1.807, 2.05) is 24.3 Å². The quantitative estimate of drug-likeness (QED) is 0.716. The van der Waals surface area contributed by atoms with E-state index in [0.29, 0.717) is 13.1 Å². The summed E-state index contributed by atoms with van der Waals surface area (Å²) in [5.41, 5.74) is 0.927. The van der Waals surface area contributed by atoms with Gasteiger partial charge in [0, 0.05) is 31.1 Å². The predicted molar refractivity (Wildman–Crippen MR) is 92.9 cm³/mol. The summed E-state index contributed by atoms with van der Waals surface area (Å²) in [7, 11) is 1.61. The van der Waals surface area contributed by atoms with Gasteiger partial charge < -0.3 is 20.7 Å². The van der Waals surface area contributed by atoms with Crippen molar-refractivity contribution in [2.75, 3.05) is 13.7 Å². The molecule has 0 unspecified atom stereocenters. The predicted octanol–water partition coefficient (Wildman–Crippen LogP) is 2.33. The van der Waals surface area contributed by atoms with E-state index in [-0.39, 0.29) is 24.4 Å². The van der Waals surface area contributed by atoms with Crippen LogP contribution in [0.2, 0.25) is 0 Å². The summed E-state index contributed by atoms with van der Waals surface area (Å²) in [6.07, 6.45) is 5.96. The monoisotopic (exact) mass is 333 g/mol. The Morgan fingerprint density at radius 3 is 2.62 bits per heavy atom. The first-order valence-corrected chi connectivity index (χ1v) is 8.62. The second kappa shape index (κ2) is 9.80. The average Bonchev–Trinajstić information content (AvgIpc) is 2.61. The summed E-state index contributed by atoms with van der Waals surface area (Å²) in [6.45, 7) is 0.743. The normalized spacial score (nSPS) is 14.7. The van der Waals surface area contributed by atoms with Crippen LogP contribution in [0.5, 0.6) is 5.75 Å². The molecule has 1 aliphatic carbocycles. The molecule has 132 valence electrons. The van der Waals surface area contributed by atoms with Crippen molar-refractivity contribution < 1.29 is 14.3 Å². The summed E-state index contributed by atoms with van der Waals surface area (Å²) in [4.78, 5) is 23.6. The third-order valence-corrected chi connectivity index (χ3v) is 4.25. The summed E-state index contributed by atoms with van der Waals surface area (Å²) >= 11 is 0. The van der Waals surface area contributed by atoms with Crippen molar-refractivity contribution in [1.82, 2.24) is 16.0 Å². The lowest BCUT2D eigenvalue weighted by Gasteiger charge is -2.22. The molecule has 0 atom stereocenters. The maximum Gasteiger partial charge on any atom is 0.315 e. The first-order valence-electron chi connectivity index (χ1n) is 8.62. The Hall–Kier alpha value is -2.24. The summed E-state index contributed by atoms with van der Waals surface area (Å²) < 4.78 is 5.25. The van der Waals surface area contributed by atoms with Gasteiger partial charge in [0.15, 0.2) is 0 Å². The van der Waals surface area contributed by atoms with E-state index in [4.69, 9.17) is 4.74 Å². The van der Waals surface area contributed by atoms with Gasteiger partial charge in [-0.15, -0.1) is 0 Å². The van der Waals surface area contributed by atoms with Gasteiger partial charge in [-0.3, -0.25) is 4.79 Å². The molecule has 0 spiro atoms. The number of ether oxygens (including phenoxy) is 1. The van der Waals surface area contributed by atoms with Crippen LogP contribution in [0.1, 0.15) is 44.1 Å². The third-order valence-electron chi connectivity index (χ3n) is 4.25. The molecule has 0 aliphatic heterocycles. The van der Waals surface area contributed by atoms with Crippen LogP contribution in [0.15, 0.2) is 24.3 Å². The fourth-order valence-corrected chi connectivity index (χ4v) is 2.90. The number of hydrogen-bond acceptors (Lipinski definition) is 3. The van der Waals surface area contributed by atoms with Gasteiger partial charge in [-0.1, -0.05) is 37.5 Å². The number of urea groups is 1. The molecule has 2 rings (SSSR count). The number of carbonyl (C=O) groups is 2. The molecule has 0 saturated heterocycles. The van der Waals surface area contributed by atoms with Crippen LogP contribution >= 0.6 is 0 Å². The van der Waals surface area contributed by atoms with Crippen LogP contribution in [-0.4, -0.2) is 31.6 Å². The van der Waals surface area contributed by atoms with Gasteiger partial charge in [0.25, 0.3) is 0 Å². The molecule has 0 heterocycles. The lowest BCUT2D eigenvalue weighted by atomic mass is 9.96. The van der Waals surface area contributed by atoms with Crippen molar-refractivity contribution in [2.45, 2.75) is 51.1 Å². The largest absolute Gasteiger partial charge is 0.496 e. The number of carbonyl (C=O) groups excluding carboxylic acids is 2. The van der Waals surface area contributed by atoms with Crippen LogP contribution in [0, 0.1) is 0 Å². The molecule has 0 bridgehead atoms. The third kappa shape index (κ3) is 6.10. The molecule has 1 aliphatic rings. The van der Waals surface area contributed by atoms with Gasteiger partial charge in [-0.05, 0) is 18.9 Å². The van der Waals surface area contributed by atoms with Crippen LogP contribution in [0.4, 0.5) is 4.79 Å². The zero-order valence-corrected chi connectivity index (χ0v) is 14.3. The minimum Gasteiger partial charge on any atom is -0.496 e. The molecule has 24 heavy (non-hydrogen) atoms. The molecule has 6 heteroatoms. The molecule has 1 aromatic carbocycles. The van der Waals surface area contributed by atoms with Crippen molar-refractivity contribution in [3.8, 4) is 5.75 Å². The van der Waals surface area contributed by atoms with Crippen LogP contribution in [-0.2, 0) is 11.3 Å². The van der Waals surface area contributed by atoms with E-state index >= 15 is 0 Å². The Labute approximate surface area is 143 Å². The maximum atomic E-state index is 11.9. The van der Waals surface area contributed by atoms with Gasteiger partial charge in [-0.25, -0.2) is 4.79 Å². The molecular weight excluding hydrogens is 306 g/mol. The number of hydrogen-bond donors (Lipinski definition) is 3. The summed E-state index contributed by atoms with van der Waals surface area (Å²) in [5, 5.41) is 8.55. The molecule has 1 aromatic rings. The van der Waals surface area contributed by atoms with Crippen molar-refractivity contribution in [3.63, 3.8) is 0 Å². The smallest absolute Gasteiger partial charge is 0.315 e. The second-order valence-corrected chi connectivity index (χ2v) is 6.07. The van der Waals surface area contributed by atoms with E-state index < -0.39 is 0 Å². The molecule has 0 aromatic heterocycles. The first-order chi connectivity index (χ1) is 11.7. The van der Waals surface area contributed by atoms with Crippen LogP contribution in [0.3, 0.4) is 0 Å². The van der Waals surface area contributed by atoms with Crippen molar-refractivity contribution in [1.29, 1.82) is 0 Å². The molecule has 3 N–H and O–H groups in total. The Kier molecular flexibility index (Phi) is 7.39. The van der Waals surface area contributed by atoms with Gasteiger partial charge in [-0.2, -0.15) is 0 Å². The minimum atomic E-state index is -0.181. The highest BCUT2D eigenvalue weighted by Gasteiger charge is 2.15. The maximum absolute atomic E-state index is 11.9. The first kappa shape index (κ1) is 18.1. The Bertz CT molecular complexity index is 542. The molecule has 6 nitrogen and oxygen atoms in total. The molecule has 3 amide bonds. The zero-order chi connectivity index (χ0) is 17.2. The number of rotatable bonds is 7. The van der Waals surface area contributed by atoms with Crippen molar-refractivity contribution >= 4 is 11.9 Å². The summed E-state index contributed by atoms with van der Waals surface area (Å²) in [5.74, 6) is 0.654. The highest BCUT2D eigenvalue weighted by atomic mass is 16.5. The van der Waals surface area contributed by atoms with E-state index in [1.54, 1.807) is 7.11 Å². The zero-order valence-electron chi connectivity index (χ0n) is 14.3. The molecule has 1 saturated carbocycles. The van der Waals surface area contributed by atoms with Gasteiger partial charge in [0.1, 0.15) is 5.75 Å². The van der Waals surface area contributed by atoms with Gasteiger partial charge >= 0.3 is 6.03 Å².